The molecular formula is C13H12BrN2O2+. The van der Waals surface area contributed by atoms with E-state index in [1.807, 2.05) is 30.3 Å². The van der Waals surface area contributed by atoms with Crippen LogP contribution in [0.5, 0.6) is 5.75 Å². The van der Waals surface area contributed by atoms with E-state index in [2.05, 4.69) is 21.4 Å². The second-order valence-electron chi connectivity index (χ2n) is 3.58. The summed E-state index contributed by atoms with van der Waals surface area (Å²) in [5, 5.41) is 0. The van der Waals surface area contributed by atoms with E-state index in [0.29, 0.717) is 22.0 Å². The zero-order chi connectivity index (χ0) is 13.0. The third kappa shape index (κ3) is 2.87. The van der Waals surface area contributed by atoms with Crippen LogP contribution in [0.4, 0.5) is 11.4 Å². The van der Waals surface area contributed by atoms with Gasteiger partial charge in [0.05, 0.1) is 12.0 Å². The van der Waals surface area contributed by atoms with Crippen LogP contribution in [0.3, 0.4) is 0 Å². The molecule has 0 atom stereocenters. The second-order valence-corrected chi connectivity index (χ2v) is 4.50. The van der Waals surface area contributed by atoms with Crippen LogP contribution >= 0.6 is 15.9 Å². The van der Waals surface area contributed by atoms with Crippen molar-refractivity contribution >= 4 is 27.3 Å². The molecule has 0 spiro atoms. The van der Waals surface area contributed by atoms with Crippen LogP contribution in [0.2, 0.25) is 0 Å². The van der Waals surface area contributed by atoms with Crippen LogP contribution in [0.1, 0.15) is 0 Å². The molecule has 0 unspecified atom stereocenters. The van der Waals surface area contributed by atoms with Crippen LogP contribution in [0.15, 0.2) is 53.0 Å². The molecule has 92 valence electrons. The van der Waals surface area contributed by atoms with E-state index in [0.717, 1.165) is 4.47 Å². The molecule has 2 aromatic carbocycles. The first-order chi connectivity index (χ1) is 8.70. The summed E-state index contributed by atoms with van der Waals surface area (Å²) < 4.78 is 6.10. The Kier molecular flexibility index (Phi) is 3.94. The number of anilines is 1. The van der Waals surface area contributed by atoms with E-state index < -0.39 is 0 Å². The van der Waals surface area contributed by atoms with Crippen molar-refractivity contribution in [1.82, 2.24) is 0 Å². The van der Waals surface area contributed by atoms with Crippen molar-refractivity contribution in [3.8, 4) is 5.75 Å². The maximum absolute atomic E-state index is 12.0. The number of rotatable bonds is 4. The Morgan fingerprint density at radius 3 is 2.44 bits per heavy atom. The standard InChI is InChI=1S/C13H12BrN2O2/c1-18-13-5-3-2-4-12(13)16(17)15-11-8-6-10(14)7-9-11/h2-9H,1H3,(H,15,17)/q+1. The maximum atomic E-state index is 12.0. The van der Waals surface area contributed by atoms with Gasteiger partial charge in [-0.25, -0.2) is 0 Å². The monoisotopic (exact) mass is 307 g/mol. The lowest BCUT2D eigenvalue weighted by molar-refractivity contribution is -0.428. The lowest BCUT2D eigenvalue weighted by atomic mass is 10.3. The highest BCUT2D eigenvalue weighted by molar-refractivity contribution is 9.10. The number of nitrogens with one attached hydrogen (secondary N) is 1. The molecule has 0 radical (unpaired) electrons. The van der Waals surface area contributed by atoms with Gasteiger partial charge in [-0.15, -0.1) is 5.43 Å². The predicted octanol–water partition coefficient (Wildman–Crippen LogP) is 3.90. The molecule has 0 aromatic heterocycles. The largest absolute Gasteiger partial charge is 0.490 e. The van der Waals surface area contributed by atoms with Crippen molar-refractivity contribution in [3.05, 3.63) is 57.9 Å². The molecule has 0 heterocycles. The van der Waals surface area contributed by atoms with E-state index in [1.54, 1.807) is 18.2 Å². The number of hydrogen-bond acceptors (Lipinski definition) is 2. The summed E-state index contributed by atoms with van der Waals surface area (Å²) in [6, 6.07) is 14.4. The lowest BCUT2D eigenvalue weighted by Crippen LogP contribution is -2.11. The van der Waals surface area contributed by atoms with Crippen molar-refractivity contribution in [2.24, 2.45) is 0 Å². The van der Waals surface area contributed by atoms with Crippen molar-refractivity contribution in [3.63, 3.8) is 0 Å². The second kappa shape index (κ2) is 5.64. The molecule has 0 aliphatic heterocycles. The van der Waals surface area contributed by atoms with Crippen molar-refractivity contribution in [2.75, 3.05) is 12.5 Å². The highest BCUT2D eigenvalue weighted by Crippen LogP contribution is 2.26. The normalized spacial score (nSPS) is 9.89. The highest BCUT2D eigenvalue weighted by atomic mass is 79.9. The Labute approximate surface area is 113 Å². The molecule has 4 nitrogen and oxygen atoms in total. The molecule has 1 N–H and O–H groups in total. The molecular weight excluding hydrogens is 296 g/mol. The van der Waals surface area contributed by atoms with E-state index in [-0.39, 0.29) is 0 Å². The van der Waals surface area contributed by atoms with Crippen LogP contribution in [-0.2, 0) is 0 Å². The SMILES string of the molecule is COc1ccccc1[N+](=O)Nc1ccc(Br)cc1. The summed E-state index contributed by atoms with van der Waals surface area (Å²) in [7, 11) is 1.53. The molecule has 0 amide bonds. The quantitative estimate of drug-likeness (QED) is 0.688. The van der Waals surface area contributed by atoms with Gasteiger partial charge in [-0.3, -0.25) is 0 Å². The molecule has 0 bridgehead atoms. The molecule has 5 heteroatoms. The van der Waals surface area contributed by atoms with E-state index >= 15 is 0 Å². The average Bonchev–Trinajstić information content (AvgIpc) is 2.41. The minimum Gasteiger partial charge on any atom is -0.490 e. The van der Waals surface area contributed by atoms with Crippen molar-refractivity contribution < 1.29 is 9.61 Å². The molecule has 2 aromatic rings. The molecule has 18 heavy (non-hydrogen) atoms. The minimum atomic E-state index is 0.433. The summed E-state index contributed by atoms with van der Waals surface area (Å²) in [5.74, 6) is 0.525. The van der Waals surface area contributed by atoms with Gasteiger partial charge in [0.15, 0.2) is 10.6 Å². The molecule has 0 aliphatic carbocycles. The van der Waals surface area contributed by atoms with Crippen molar-refractivity contribution in [2.45, 2.75) is 0 Å². The van der Waals surface area contributed by atoms with Gasteiger partial charge in [-0.05, 0) is 30.3 Å². The topological polar surface area (TPSA) is 41.3 Å². The maximum Gasteiger partial charge on any atom is 0.333 e. The van der Waals surface area contributed by atoms with Gasteiger partial charge in [0.25, 0.3) is 0 Å². The summed E-state index contributed by atoms with van der Waals surface area (Å²) in [6.45, 7) is 0. The van der Waals surface area contributed by atoms with Crippen LogP contribution in [0, 0.1) is 4.91 Å². The Morgan fingerprint density at radius 1 is 1.11 bits per heavy atom. The molecule has 0 fully saturated rings. The van der Waals surface area contributed by atoms with Crippen LogP contribution in [-0.4, -0.2) is 12.0 Å². The van der Waals surface area contributed by atoms with Gasteiger partial charge in [-0.2, -0.15) is 0 Å². The van der Waals surface area contributed by atoms with Gasteiger partial charge >= 0.3 is 5.69 Å². The number of ether oxygens (including phenoxy) is 1. The first kappa shape index (κ1) is 12.6. The molecule has 2 rings (SSSR count). The summed E-state index contributed by atoms with van der Waals surface area (Å²) in [5.41, 5.74) is 3.88. The number of nitrogens with zero attached hydrogens (tertiary/aromatic N) is 1. The summed E-state index contributed by atoms with van der Waals surface area (Å²) in [6.07, 6.45) is 0. The van der Waals surface area contributed by atoms with E-state index in [9.17, 15) is 4.91 Å². The molecule has 0 saturated heterocycles. The predicted molar refractivity (Wildman–Crippen MR) is 74.0 cm³/mol. The van der Waals surface area contributed by atoms with Crippen LogP contribution < -0.4 is 10.2 Å². The molecule has 0 saturated carbocycles. The number of halogens is 1. The fourth-order valence-corrected chi connectivity index (χ4v) is 1.76. The Morgan fingerprint density at radius 2 is 1.78 bits per heavy atom. The first-order valence-electron chi connectivity index (χ1n) is 5.33. The summed E-state index contributed by atoms with van der Waals surface area (Å²) >= 11 is 3.34. The number of hydrogen-bond donors (Lipinski definition) is 1. The Balaban J connectivity index is 2.19. The van der Waals surface area contributed by atoms with Gasteiger partial charge in [0.2, 0.25) is 0 Å². The number of benzene rings is 2. The van der Waals surface area contributed by atoms with Gasteiger partial charge in [0.1, 0.15) is 5.69 Å². The van der Waals surface area contributed by atoms with E-state index in [1.165, 1.54) is 7.11 Å². The number of para-hydroxylation sites is 2. The van der Waals surface area contributed by atoms with Gasteiger partial charge in [0, 0.05) is 10.5 Å². The van der Waals surface area contributed by atoms with Crippen LogP contribution in [0.25, 0.3) is 0 Å². The van der Waals surface area contributed by atoms with Crippen molar-refractivity contribution in [1.29, 1.82) is 0 Å². The number of nitroso groups, excluding NO2 is 1. The minimum absolute atomic E-state index is 0.433. The number of methoxy groups -OCH3 is 1. The third-order valence-corrected chi connectivity index (χ3v) is 2.91. The van der Waals surface area contributed by atoms with Gasteiger partial charge in [-0.1, -0.05) is 28.1 Å². The van der Waals surface area contributed by atoms with E-state index in [4.69, 9.17) is 4.74 Å². The zero-order valence-electron chi connectivity index (χ0n) is 9.76. The fourth-order valence-electron chi connectivity index (χ4n) is 1.50. The highest BCUT2D eigenvalue weighted by Gasteiger charge is 2.19. The summed E-state index contributed by atoms with van der Waals surface area (Å²) in [4.78, 5) is 12.7. The Hall–Kier alpha value is -1.88. The lowest BCUT2D eigenvalue weighted by Gasteiger charge is -2.01. The fraction of sp³-hybridized carbons (Fsp3) is 0.0769. The molecule has 0 aliphatic rings. The third-order valence-electron chi connectivity index (χ3n) is 2.38. The Bertz CT molecular complexity index is 555. The smallest absolute Gasteiger partial charge is 0.333 e. The zero-order valence-corrected chi connectivity index (χ0v) is 11.3. The average molecular weight is 308 g/mol. The number of hydrazine groups is 1. The first-order valence-corrected chi connectivity index (χ1v) is 6.12. The van der Waals surface area contributed by atoms with Gasteiger partial charge < -0.3 is 4.74 Å².